The van der Waals surface area contributed by atoms with Gasteiger partial charge in [-0.2, -0.15) is 0 Å². The minimum atomic E-state index is -2.01. The molecule has 8 nitrogen and oxygen atoms in total. The van der Waals surface area contributed by atoms with E-state index in [-0.39, 0.29) is 0 Å². The summed E-state index contributed by atoms with van der Waals surface area (Å²) in [6.07, 6.45) is 4.09. The summed E-state index contributed by atoms with van der Waals surface area (Å²) in [5.74, 6) is -1.41. The minimum absolute atomic E-state index is 0.342. The van der Waals surface area contributed by atoms with Crippen LogP contribution in [0.1, 0.15) is 38.1 Å². The van der Waals surface area contributed by atoms with Gasteiger partial charge in [0.05, 0.1) is 6.54 Å². The Morgan fingerprint density at radius 3 is 2.67 bits per heavy atom. The van der Waals surface area contributed by atoms with Gasteiger partial charge in [-0.3, -0.25) is 5.32 Å². The first-order valence-electron chi connectivity index (χ1n) is 6.68. The summed E-state index contributed by atoms with van der Waals surface area (Å²) in [6, 6.07) is -0.632. The summed E-state index contributed by atoms with van der Waals surface area (Å²) in [4.78, 5) is 22.2. The lowest BCUT2D eigenvalue weighted by molar-refractivity contribution is -0.155. The molecule has 0 bridgehead atoms. The molecule has 0 radical (unpaired) electrons. The van der Waals surface area contributed by atoms with Gasteiger partial charge in [-0.05, 0) is 13.3 Å². The molecule has 0 aliphatic heterocycles. The van der Waals surface area contributed by atoms with Crippen molar-refractivity contribution in [1.29, 1.82) is 0 Å². The maximum absolute atomic E-state index is 11.6. The number of aryl methyl sites for hydroxylation is 1. The van der Waals surface area contributed by atoms with Crippen molar-refractivity contribution in [2.24, 2.45) is 0 Å². The molecule has 118 valence electrons. The summed E-state index contributed by atoms with van der Waals surface area (Å²) in [5.41, 5.74) is -2.01. The van der Waals surface area contributed by atoms with Crippen LogP contribution in [0.5, 0.6) is 0 Å². The van der Waals surface area contributed by atoms with E-state index in [9.17, 15) is 14.7 Å². The largest absolute Gasteiger partial charge is 0.479 e. The van der Waals surface area contributed by atoms with E-state index in [0.717, 1.165) is 37.6 Å². The number of hydrogen-bond acceptors (Lipinski definition) is 6. The zero-order chi connectivity index (χ0) is 15.9. The van der Waals surface area contributed by atoms with Crippen LogP contribution in [0.15, 0.2) is 0 Å². The van der Waals surface area contributed by atoms with Crippen molar-refractivity contribution >= 4 is 28.5 Å². The summed E-state index contributed by atoms with van der Waals surface area (Å²) in [6.45, 7) is 2.81. The number of amides is 2. The summed E-state index contributed by atoms with van der Waals surface area (Å²) in [5, 5.41) is 31.9. The van der Waals surface area contributed by atoms with Gasteiger partial charge >= 0.3 is 12.0 Å². The maximum Gasteiger partial charge on any atom is 0.337 e. The Hall–Kier alpha value is -1.74. The van der Waals surface area contributed by atoms with E-state index >= 15 is 0 Å². The molecule has 1 aromatic heterocycles. The molecule has 0 saturated carbocycles. The van der Waals surface area contributed by atoms with Gasteiger partial charge in [0.1, 0.15) is 5.01 Å². The van der Waals surface area contributed by atoms with Crippen LogP contribution in [-0.4, -0.2) is 44.6 Å². The first kappa shape index (κ1) is 17.3. The molecule has 1 aromatic rings. The SMILES string of the molecule is CCCCCc1nnc(NC(=O)NCC(C)(O)C(=O)O)s1. The Balaban J connectivity index is 2.39. The molecule has 9 heteroatoms. The molecule has 2 amide bonds. The fraction of sp³-hybridized carbons (Fsp3) is 0.667. The van der Waals surface area contributed by atoms with Crippen LogP contribution in [0.4, 0.5) is 9.93 Å². The molecule has 1 heterocycles. The first-order chi connectivity index (χ1) is 9.85. The van der Waals surface area contributed by atoms with Crippen LogP contribution in [0.3, 0.4) is 0 Å². The van der Waals surface area contributed by atoms with Crippen LogP contribution in [0.2, 0.25) is 0 Å². The topological polar surface area (TPSA) is 124 Å². The number of carboxylic acid groups (broad SMARTS) is 1. The number of anilines is 1. The first-order valence-corrected chi connectivity index (χ1v) is 7.50. The van der Waals surface area contributed by atoms with E-state index in [2.05, 4.69) is 27.8 Å². The number of aromatic nitrogens is 2. The van der Waals surface area contributed by atoms with Gasteiger partial charge < -0.3 is 15.5 Å². The number of rotatable bonds is 8. The molecular weight excluding hydrogens is 296 g/mol. The van der Waals surface area contributed by atoms with Crippen LogP contribution in [0.25, 0.3) is 0 Å². The number of nitrogens with one attached hydrogen (secondary N) is 2. The Labute approximate surface area is 126 Å². The van der Waals surface area contributed by atoms with Gasteiger partial charge in [0, 0.05) is 6.42 Å². The summed E-state index contributed by atoms with van der Waals surface area (Å²) in [7, 11) is 0. The average Bonchev–Trinajstić information content (AvgIpc) is 2.84. The third kappa shape index (κ3) is 6.05. The summed E-state index contributed by atoms with van der Waals surface area (Å²) >= 11 is 1.28. The van der Waals surface area contributed by atoms with Crippen molar-refractivity contribution in [3.8, 4) is 0 Å². The highest BCUT2D eigenvalue weighted by molar-refractivity contribution is 7.15. The van der Waals surface area contributed by atoms with Gasteiger partial charge in [0.15, 0.2) is 5.60 Å². The molecule has 1 atom stereocenters. The van der Waals surface area contributed by atoms with Crippen LogP contribution in [-0.2, 0) is 11.2 Å². The number of carboxylic acids is 1. The lowest BCUT2D eigenvalue weighted by Crippen LogP contribution is -2.47. The third-order valence-electron chi connectivity index (χ3n) is 2.74. The van der Waals surface area contributed by atoms with Gasteiger partial charge in [0.25, 0.3) is 0 Å². The molecule has 21 heavy (non-hydrogen) atoms. The van der Waals surface area contributed by atoms with Crippen molar-refractivity contribution in [3.05, 3.63) is 5.01 Å². The van der Waals surface area contributed by atoms with E-state index in [1.807, 2.05) is 0 Å². The molecular formula is C12H20N4O4S. The second kappa shape index (κ2) is 7.89. The lowest BCUT2D eigenvalue weighted by Gasteiger charge is -2.17. The number of urea groups is 1. The standard InChI is InChI=1S/C12H20N4O4S/c1-3-4-5-6-8-15-16-11(21-8)14-10(19)13-7-12(2,20)9(17)18/h20H,3-7H2,1-2H3,(H,17,18)(H2,13,14,16,19). The molecule has 4 N–H and O–H groups in total. The predicted molar refractivity (Wildman–Crippen MR) is 78.4 cm³/mol. The summed E-state index contributed by atoms with van der Waals surface area (Å²) < 4.78 is 0. The molecule has 0 aromatic carbocycles. The van der Waals surface area contributed by atoms with Crippen LogP contribution in [0, 0.1) is 0 Å². The highest BCUT2D eigenvalue weighted by Crippen LogP contribution is 2.17. The quantitative estimate of drug-likeness (QED) is 0.535. The number of carbonyl (C=O) groups is 2. The number of aliphatic hydroxyl groups is 1. The Kier molecular flexibility index (Phi) is 6.50. The third-order valence-corrected chi connectivity index (χ3v) is 3.63. The fourth-order valence-electron chi connectivity index (χ4n) is 1.40. The number of unbranched alkanes of at least 4 members (excludes halogenated alkanes) is 2. The Bertz CT molecular complexity index is 489. The number of aliphatic carboxylic acids is 1. The normalized spacial score (nSPS) is 13.5. The number of carbonyl (C=O) groups excluding carboxylic acids is 1. The molecule has 1 rings (SSSR count). The second-order valence-corrected chi connectivity index (χ2v) is 5.91. The lowest BCUT2D eigenvalue weighted by atomic mass is 10.1. The fourth-order valence-corrected chi connectivity index (χ4v) is 2.18. The minimum Gasteiger partial charge on any atom is -0.479 e. The van der Waals surface area contributed by atoms with Gasteiger partial charge in [-0.15, -0.1) is 10.2 Å². The molecule has 0 aliphatic carbocycles. The van der Waals surface area contributed by atoms with Gasteiger partial charge in [0.2, 0.25) is 5.13 Å². The molecule has 1 unspecified atom stereocenters. The van der Waals surface area contributed by atoms with Gasteiger partial charge in [-0.25, -0.2) is 9.59 Å². The van der Waals surface area contributed by atoms with E-state index in [1.54, 1.807) is 0 Å². The zero-order valence-corrected chi connectivity index (χ0v) is 12.9. The van der Waals surface area contributed by atoms with Gasteiger partial charge in [-0.1, -0.05) is 31.1 Å². The van der Waals surface area contributed by atoms with Crippen molar-refractivity contribution < 1.29 is 19.8 Å². The Morgan fingerprint density at radius 2 is 2.05 bits per heavy atom. The van der Waals surface area contributed by atoms with Crippen molar-refractivity contribution in [2.75, 3.05) is 11.9 Å². The van der Waals surface area contributed by atoms with Crippen LogP contribution >= 0.6 is 11.3 Å². The molecule has 0 spiro atoms. The van der Waals surface area contributed by atoms with E-state index in [4.69, 9.17) is 5.11 Å². The van der Waals surface area contributed by atoms with E-state index in [0.29, 0.717) is 5.13 Å². The number of nitrogens with zero attached hydrogens (tertiary/aromatic N) is 2. The number of hydrogen-bond donors (Lipinski definition) is 4. The molecule has 0 saturated heterocycles. The van der Waals surface area contributed by atoms with Crippen molar-refractivity contribution in [2.45, 2.75) is 45.1 Å². The van der Waals surface area contributed by atoms with E-state index in [1.165, 1.54) is 11.3 Å². The monoisotopic (exact) mass is 316 g/mol. The van der Waals surface area contributed by atoms with E-state index < -0.39 is 24.1 Å². The second-order valence-electron chi connectivity index (χ2n) is 4.84. The molecule has 0 aliphatic rings. The zero-order valence-electron chi connectivity index (χ0n) is 12.0. The maximum atomic E-state index is 11.6. The predicted octanol–water partition coefficient (Wildman–Crippen LogP) is 1.23. The smallest absolute Gasteiger partial charge is 0.337 e. The Morgan fingerprint density at radius 1 is 1.33 bits per heavy atom. The highest BCUT2D eigenvalue weighted by atomic mass is 32.1. The highest BCUT2D eigenvalue weighted by Gasteiger charge is 2.30. The van der Waals surface area contributed by atoms with Crippen molar-refractivity contribution in [1.82, 2.24) is 15.5 Å². The van der Waals surface area contributed by atoms with Crippen LogP contribution < -0.4 is 10.6 Å². The molecule has 0 fully saturated rings. The van der Waals surface area contributed by atoms with Crippen molar-refractivity contribution in [3.63, 3.8) is 0 Å². The average molecular weight is 316 g/mol.